The van der Waals surface area contributed by atoms with Crippen molar-refractivity contribution in [1.29, 1.82) is 0 Å². The molecule has 2 aliphatic rings. The Labute approximate surface area is 283 Å². The number of carbonyl (C=O) groups is 2. The summed E-state index contributed by atoms with van der Waals surface area (Å²) in [6.45, 7) is 1.77. The van der Waals surface area contributed by atoms with Crippen molar-refractivity contribution in [3.05, 3.63) is 125 Å². The van der Waals surface area contributed by atoms with Crippen molar-refractivity contribution in [3.63, 3.8) is 0 Å². The van der Waals surface area contributed by atoms with Gasteiger partial charge in [0.15, 0.2) is 5.65 Å². The molecule has 4 heterocycles. The maximum absolute atomic E-state index is 13.8. The molecule has 2 fully saturated rings. The van der Waals surface area contributed by atoms with Crippen LogP contribution in [0.25, 0.3) is 16.7 Å². The van der Waals surface area contributed by atoms with E-state index >= 15 is 0 Å². The number of rotatable bonds is 8. The van der Waals surface area contributed by atoms with E-state index in [-0.39, 0.29) is 36.4 Å². The number of piperidine rings is 2. The maximum Gasteiger partial charge on any atom is 0.407 e. The molecule has 2 saturated heterocycles. The summed E-state index contributed by atoms with van der Waals surface area (Å²) in [5.74, 6) is 0.0906. The SMILES string of the molecule is O=C(O)N1CC[C@@H](C(=O)N2CCC(O)(Cn3cnc4c(ccn4-c4cccc(OCc5ccccc5)c4)c3=O)CC2)[C@H](c2ccccc2)C1. The number of benzene rings is 3. The van der Waals surface area contributed by atoms with Gasteiger partial charge in [0.05, 0.1) is 23.2 Å². The maximum atomic E-state index is 13.8. The minimum atomic E-state index is -1.19. The van der Waals surface area contributed by atoms with Gasteiger partial charge in [-0.15, -0.1) is 0 Å². The topological polar surface area (TPSA) is 130 Å². The number of aromatic nitrogens is 3. The summed E-state index contributed by atoms with van der Waals surface area (Å²) in [6.07, 6.45) is 3.37. The lowest BCUT2D eigenvalue weighted by atomic mass is 9.79. The van der Waals surface area contributed by atoms with E-state index in [2.05, 4.69) is 4.98 Å². The van der Waals surface area contributed by atoms with Crippen molar-refractivity contribution >= 4 is 23.0 Å². The molecule has 0 radical (unpaired) electrons. The molecule has 0 bridgehead atoms. The van der Waals surface area contributed by atoms with Crippen LogP contribution in [-0.2, 0) is 17.9 Å². The van der Waals surface area contributed by atoms with Crippen molar-refractivity contribution in [3.8, 4) is 11.4 Å². The zero-order valence-electron chi connectivity index (χ0n) is 27.1. The van der Waals surface area contributed by atoms with Crippen LogP contribution in [0, 0.1) is 5.92 Å². The summed E-state index contributed by atoms with van der Waals surface area (Å²) < 4.78 is 9.30. The van der Waals surface area contributed by atoms with E-state index in [9.17, 15) is 24.6 Å². The molecule has 0 saturated carbocycles. The minimum absolute atomic E-state index is 0.0166. The van der Waals surface area contributed by atoms with E-state index in [1.165, 1.54) is 15.8 Å². The fourth-order valence-corrected chi connectivity index (χ4v) is 7.15. The second kappa shape index (κ2) is 13.6. The predicted molar refractivity (Wildman–Crippen MR) is 184 cm³/mol. The Bertz CT molecular complexity index is 2000. The summed E-state index contributed by atoms with van der Waals surface area (Å²) in [4.78, 5) is 47.0. The number of nitrogens with zero attached hydrogens (tertiary/aromatic N) is 5. The molecule has 2 N–H and O–H groups in total. The molecule has 0 spiro atoms. The van der Waals surface area contributed by atoms with Gasteiger partial charge in [0.2, 0.25) is 5.91 Å². The molecule has 0 unspecified atom stereocenters. The molecule has 11 nitrogen and oxygen atoms in total. The second-order valence-electron chi connectivity index (χ2n) is 13.1. The zero-order chi connectivity index (χ0) is 34.0. The van der Waals surface area contributed by atoms with Crippen molar-refractivity contribution in [1.82, 2.24) is 23.9 Å². The van der Waals surface area contributed by atoms with Gasteiger partial charge in [0.1, 0.15) is 18.7 Å². The molecule has 2 atom stereocenters. The average Bonchev–Trinajstić information content (AvgIpc) is 3.58. The molecule has 5 aromatic rings. The van der Waals surface area contributed by atoms with Crippen LogP contribution in [0.3, 0.4) is 0 Å². The molecule has 49 heavy (non-hydrogen) atoms. The van der Waals surface area contributed by atoms with Gasteiger partial charge in [-0.3, -0.25) is 14.2 Å². The Hall–Kier alpha value is -5.42. The van der Waals surface area contributed by atoms with E-state index in [1.807, 2.05) is 95.7 Å². The van der Waals surface area contributed by atoms with Gasteiger partial charge in [-0.2, -0.15) is 0 Å². The van der Waals surface area contributed by atoms with Gasteiger partial charge in [0.25, 0.3) is 5.56 Å². The van der Waals surface area contributed by atoms with Crippen LogP contribution in [0.1, 0.15) is 36.3 Å². The summed E-state index contributed by atoms with van der Waals surface area (Å²) in [5, 5.41) is 21.6. The molecule has 2 aliphatic heterocycles. The fourth-order valence-electron chi connectivity index (χ4n) is 7.15. The van der Waals surface area contributed by atoms with Crippen LogP contribution >= 0.6 is 0 Å². The smallest absolute Gasteiger partial charge is 0.407 e. The number of likely N-dealkylation sites (tertiary alicyclic amines) is 2. The van der Waals surface area contributed by atoms with E-state index in [0.717, 1.165) is 16.8 Å². The lowest BCUT2D eigenvalue weighted by Gasteiger charge is -2.42. The van der Waals surface area contributed by atoms with E-state index in [4.69, 9.17) is 4.74 Å². The molecular formula is C38H39N5O6. The lowest BCUT2D eigenvalue weighted by molar-refractivity contribution is -0.142. The normalized spacial score (nSPS) is 19.1. The Kier molecular flexibility index (Phi) is 8.92. The third-order valence-electron chi connectivity index (χ3n) is 9.91. The summed E-state index contributed by atoms with van der Waals surface area (Å²) in [6, 6.07) is 28.9. The summed E-state index contributed by atoms with van der Waals surface area (Å²) >= 11 is 0. The van der Waals surface area contributed by atoms with Gasteiger partial charge in [-0.05, 0) is 48.6 Å². The highest BCUT2D eigenvalue weighted by atomic mass is 16.5. The third-order valence-corrected chi connectivity index (χ3v) is 9.91. The van der Waals surface area contributed by atoms with Crippen LogP contribution in [0.5, 0.6) is 5.75 Å². The summed E-state index contributed by atoms with van der Waals surface area (Å²) in [7, 11) is 0. The number of carboxylic acid groups (broad SMARTS) is 1. The van der Waals surface area contributed by atoms with E-state index in [1.54, 1.807) is 11.0 Å². The first-order chi connectivity index (χ1) is 23.8. The number of ether oxygens (including phenoxy) is 1. The van der Waals surface area contributed by atoms with Gasteiger partial charge in [0, 0.05) is 50.3 Å². The van der Waals surface area contributed by atoms with Crippen LogP contribution < -0.4 is 10.3 Å². The number of aliphatic hydroxyl groups is 1. The van der Waals surface area contributed by atoms with Crippen molar-refractivity contribution in [2.75, 3.05) is 26.2 Å². The van der Waals surface area contributed by atoms with Gasteiger partial charge in [-0.25, -0.2) is 9.78 Å². The second-order valence-corrected chi connectivity index (χ2v) is 13.1. The number of amides is 2. The highest BCUT2D eigenvalue weighted by Gasteiger charge is 2.41. The Morgan fingerprint density at radius 3 is 2.37 bits per heavy atom. The molecule has 7 rings (SSSR count). The van der Waals surface area contributed by atoms with E-state index in [0.29, 0.717) is 62.3 Å². The van der Waals surface area contributed by atoms with Gasteiger partial charge in [-0.1, -0.05) is 66.7 Å². The van der Waals surface area contributed by atoms with E-state index < -0.39 is 11.7 Å². The van der Waals surface area contributed by atoms with Crippen molar-refractivity contribution in [2.24, 2.45) is 5.92 Å². The predicted octanol–water partition coefficient (Wildman–Crippen LogP) is 4.90. The first kappa shape index (κ1) is 32.1. The number of hydrogen-bond acceptors (Lipinski definition) is 6. The van der Waals surface area contributed by atoms with Gasteiger partial charge >= 0.3 is 6.09 Å². The molecule has 2 aromatic heterocycles. The van der Waals surface area contributed by atoms with Crippen LogP contribution in [0.4, 0.5) is 4.79 Å². The van der Waals surface area contributed by atoms with Crippen molar-refractivity contribution < 1.29 is 24.5 Å². The minimum Gasteiger partial charge on any atom is -0.489 e. The Morgan fingerprint density at radius 2 is 1.63 bits per heavy atom. The molecule has 0 aliphatic carbocycles. The standard InChI is InChI=1S/C38H39N5O6/c44-35(31-14-18-41(37(46)47)23-33(31)28-10-5-2-6-11-28)40-20-16-38(48,17-21-40)25-42-26-39-34-32(36(42)45)15-19-43(34)29-12-7-13-30(22-29)49-24-27-8-3-1-4-9-27/h1-13,15,19,22,26,31,33,48H,14,16-18,20-21,23-25H2,(H,46,47)/t31-,33+/m1/s1. The van der Waals surface area contributed by atoms with Crippen molar-refractivity contribution in [2.45, 2.75) is 43.9 Å². The summed E-state index contributed by atoms with van der Waals surface area (Å²) in [5.41, 5.74) is 1.90. The monoisotopic (exact) mass is 661 g/mol. The van der Waals surface area contributed by atoms with Crippen LogP contribution in [-0.4, -0.2) is 77.9 Å². The van der Waals surface area contributed by atoms with Crippen LogP contribution in [0.2, 0.25) is 0 Å². The molecule has 11 heteroatoms. The zero-order valence-corrected chi connectivity index (χ0v) is 27.1. The largest absolute Gasteiger partial charge is 0.489 e. The first-order valence-electron chi connectivity index (χ1n) is 16.7. The molecule has 3 aromatic carbocycles. The Morgan fingerprint density at radius 1 is 0.898 bits per heavy atom. The first-order valence-corrected chi connectivity index (χ1v) is 16.7. The highest BCUT2D eigenvalue weighted by Crippen LogP contribution is 2.35. The van der Waals surface area contributed by atoms with Crippen LogP contribution in [0.15, 0.2) is 108 Å². The number of hydrogen-bond donors (Lipinski definition) is 2. The number of fused-ring (bicyclic) bond motifs is 1. The fraction of sp³-hybridized carbons (Fsp3) is 0.316. The third kappa shape index (κ3) is 6.80. The number of carbonyl (C=O) groups excluding carboxylic acids is 1. The average molecular weight is 662 g/mol. The van der Waals surface area contributed by atoms with Gasteiger partial charge < -0.3 is 29.3 Å². The molecule has 2 amide bonds. The lowest BCUT2D eigenvalue weighted by Crippen LogP contribution is -2.53. The Balaban J connectivity index is 1.02. The quantitative estimate of drug-likeness (QED) is 0.242. The highest BCUT2D eigenvalue weighted by molar-refractivity contribution is 5.81. The molecule has 252 valence electrons. The molecular weight excluding hydrogens is 622 g/mol.